The van der Waals surface area contributed by atoms with Gasteiger partial charge < -0.3 is 14.6 Å². The van der Waals surface area contributed by atoms with E-state index in [0.717, 1.165) is 5.56 Å². The minimum absolute atomic E-state index is 0.143. The number of hydrogen-bond donors (Lipinski definition) is 2. The van der Waals surface area contributed by atoms with E-state index in [9.17, 15) is 9.90 Å². The molecule has 0 fully saturated rings. The molecule has 1 aliphatic rings. The zero-order valence-electron chi connectivity index (χ0n) is 12.6. The first kappa shape index (κ1) is 14.9. The van der Waals surface area contributed by atoms with Gasteiger partial charge in [0.2, 0.25) is 0 Å². The zero-order chi connectivity index (χ0) is 16.2. The van der Waals surface area contributed by atoms with Crippen molar-refractivity contribution < 1.29 is 19.4 Å². The van der Waals surface area contributed by atoms with Crippen LogP contribution in [-0.4, -0.2) is 30.4 Å². The molecule has 0 bridgehead atoms. The SMILES string of the molecule is Cc1cccc(/C=N\NC(=O)c2ccc3c(c2)OCCO3)c1O. The quantitative estimate of drug-likeness (QED) is 0.673. The highest BCUT2D eigenvalue weighted by Gasteiger charge is 2.14. The van der Waals surface area contributed by atoms with Gasteiger partial charge >= 0.3 is 0 Å². The van der Waals surface area contributed by atoms with E-state index in [-0.39, 0.29) is 11.7 Å². The van der Waals surface area contributed by atoms with E-state index in [1.54, 1.807) is 43.3 Å². The van der Waals surface area contributed by atoms with Crippen molar-refractivity contribution in [3.05, 3.63) is 53.1 Å². The highest BCUT2D eigenvalue weighted by Crippen LogP contribution is 2.30. The van der Waals surface area contributed by atoms with E-state index < -0.39 is 0 Å². The van der Waals surface area contributed by atoms with Gasteiger partial charge in [0.05, 0.1) is 6.21 Å². The third-order valence-electron chi connectivity index (χ3n) is 3.44. The van der Waals surface area contributed by atoms with E-state index in [1.165, 1.54) is 6.21 Å². The number of para-hydroxylation sites is 1. The summed E-state index contributed by atoms with van der Waals surface area (Å²) in [6.45, 7) is 2.76. The van der Waals surface area contributed by atoms with Gasteiger partial charge in [0, 0.05) is 11.1 Å². The van der Waals surface area contributed by atoms with Crippen molar-refractivity contribution >= 4 is 12.1 Å². The first-order valence-electron chi connectivity index (χ1n) is 7.17. The first-order chi connectivity index (χ1) is 11.1. The zero-order valence-corrected chi connectivity index (χ0v) is 12.6. The molecule has 0 saturated carbocycles. The topological polar surface area (TPSA) is 80.2 Å². The van der Waals surface area contributed by atoms with Crippen molar-refractivity contribution in [3.8, 4) is 17.2 Å². The molecule has 118 valence electrons. The van der Waals surface area contributed by atoms with E-state index in [0.29, 0.717) is 35.8 Å². The summed E-state index contributed by atoms with van der Waals surface area (Å²) in [4.78, 5) is 12.1. The van der Waals surface area contributed by atoms with E-state index in [2.05, 4.69) is 10.5 Å². The molecule has 1 aliphatic heterocycles. The van der Waals surface area contributed by atoms with Crippen molar-refractivity contribution in [2.24, 2.45) is 5.10 Å². The summed E-state index contributed by atoms with van der Waals surface area (Å²) in [7, 11) is 0. The third-order valence-corrected chi connectivity index (χ3v) is 3.44. The predicted octanol–water partition coefficient (Wildman–Crippen LogP) is 2.24. The largest absolute Gasteiger partial charge is 0.507 e. The predicted molar refractivity (Wildman–Crippen MR) is 85.3 cm³/mol. The molecule has 1 amide bonds. The first-order valence-corrected chi connectivity index (χ1v) is 7.17. The van der Waals surface area contributed by atoms with Gasteiger partial charge in [0.1, 0.15) is 19.0 Å². The summed E-state index contributed by atoms with van der Waals surface area (Å²) in [5, 5.41) is 13.8. The lowest BCUT2D eigenvalue weighted by molar-refractivity contribution is 0.0954. The number of carbonyl (C=O) groups excluding carboxylic acids is 1. The fourth-order valence-electron chi connectivity index (χ4n) is 2.20. The van der Waals surface area contributed by atoms with Crippen LogP contribution in [0.25, 0.3) is 0 Å². The van der Waals surface area contributed by atoms with Gasteiger partial charge in [-0.3, -0.25) is 4.79 Å². The van der Waals surface area contributed by atoms with Gasteiger partial charge in [-0.1, -0.05) is 12.1 Å². The number of hydrazone groups is 1. The van der Waals surface area contributed by atoms with Crippen LogP contribution in [0.15, 0.2) is 41.5 Å². The Labute approximate surface area is 133 Å². The highest BCUT2D eigenvalue weighted by molar-refractivity contribution is 5.95. The van der Waals surface area contributed by atoms with Gasteiger partial charge in [-0.05, 0) is 36.8 Å². The average Bonchev–Trinajstić information content (AvgIpc) is 2.58. The Bertz CT molecular complexity index is 771. The number of carbonyl (C=O) groups is 1. The van der Waals surface area contributed by atoms with Crippen LogP contribution in [-0.2, 0) is 0 Å². The van der Waals surface area contributed by atoms with Crippen molar-refractivity contribution in [2.75, 3.05) is 13.2 Å². The maximum atomic E-state index is 12.1. The van der Waals surface area contributed by atoms with Gasteiger partial charge in [0.15, 0.2) is 11.5 Å². The molecule has 2 N–H and O–H groups in total. The molecule has 2 aromatic carbocycles. The number of benzene rings is 2. The van der Waals surface area contributed by atoms with Gasteiger partial charge in [-0.15, -0.1) is 0 Å². The van der Waals surface area contributed by atoms with Crippen molar-refractivity contribution in [1.82, 2.24) is 5.43 Å². The Kier molecular flexibility index (Phi) is 4.14. The van der Waals surface area contributed by atoms with Crippen molar-refractivity contribution in [3.63, 3.8) is 0 Å². The summed E-state index contributed by atoms with van der Waals surface area (Å²) in [6, 6.07) is 10.3. The van der Waals surface area contributed by atoms with Crippen LogP contribution in [0.1, 0.15) is 21.5 Å². The molecule has 6 heteroatoms. The monoisotopic (exact) mass is 312 g/mol. The molecular formula is C17H16N2O4. The molecule has 0 aliphatic carbocycles. The van der Waals surface area contributed by atoms with Crippen LogP contribution in [0, 0.1) is 6.92 Å². The standard InChI is InChI=1S/C17H16N2O4/c1-11-3-2-4-13(16(11)20)10-18-19-17(21)12-5-6-14-15(9-12)23-8-7-22-14/h2-6,9-10,20H,7-8H2,1H3,(H,19,21)/b18-10-. The number of nitrogens with one attached hydrogen (secondary N) is 1. The molecular weight excluding hydrogens is 296 g/mol. The molecule has 6 nitrogen and oxygen atoms in total. The summed E-state index contributed by atoms with van der Waals surface area (Å²) >= 11 is 0. The fourth-order valence-corrected chi connectivity index (χ4v) is 2.20. The summed E-state index contributed by atoms with van der Waals surface area (Å²) in [6.07, 6.45) is 1.40. The van der Waals surface area contributed by atoms with Gasteiger partial charge in [-0.25, -0.2) is 5.43 Å². The number of phenolic OH excluding ortho intramolecular Hbond substituents is 1. The van der Waals surface area contributed by atoms with Crippen LogP contribution in [0.4, 0.5) is 0 Å². The minimum Gasteiger partial charge on any atom is -0.507 e. The molecule has 0 radical (unpaired) electrons. The number of amides is 1. The van der Waals surface area contributed by atoms with Crippen LogP contribution in [0.5, 0.6) is 17.2 Å². The Morgan fingerprint density at radius 3 is 2.83 bits per heavy atom. The van der Waals surface area contributed by atoms with Gasteiger partial charge in [-0.2, -0.15) is 5.10 Å². The fraction of sp³-hybridized carbons (Fsp3) is 0.176. The molecule has 0 aromatic heterocycles. The number of hydrogen-bond acceptors (Lipinski definition) is 5. The summed E-state index contributed by atoms with van der Waals surface area (Å²) < 4.78 is 10.8. The smallest absolute Gasteiger partial charge is 0.271 e. The Hall–Kier alpha value is -3.02. The molecule has 0 unspecified atom stereocenters. The highest BCUT2D eigenvalue weighted by atomic mass is 16.6. The normalized spacial score (nSPS) is 13.1. The minimum atomic E-state index is -0.370. The molecule has 3 rings (SSSR count). The Morgan fingerprint density at radius 1 is 1.22 bits per heavy atom. The molecule has 2 aromatic rings. The lowest BCUT2D eigenvalue weighted by atomic mass is 10.1. The van der Waals surface area contributed by atoms with Crippen LogP contribution < -0.4 is 14.9 Å². The molecule has 0 atom stereocenters. The van der Waals surface area contributed by atoms with Gasteiger partial charge in [0.25, 0.3) is 5.91 Å². The maximum absolute atomic E-state index is 12.1. The number of aryl methyl sites for hydroxylation is 1. The molecule has 0 spiro atoms. The number of fused-ring (bicyclic) bond motifs is 1. The number of phenols is 1. The van der Waals surface area contributed by atoms with Crippen LogP contribution in [0.3, 0.4) is 0 Å². The average molecular weight is 312 g/mol. The number of nitrogens with zero attached hydrogens (tertiary/aromatic N) is 1. The summed E-state index contributed by atoms with van der Waals surface area (Å²) in [5.74, 6) is 0.945. The second-order valence-corrected chi connectivity index (χ2v) is 5.07. The van der Waals surface area contributed by atoms with Crippen molar-refractivity contribution in [2.45, 2.75) is 6.92 Å². The lowest BCUT2D eigenvalue weighted by Crippen LogP contribution is -2.19. The van der Waals surface area contributed by atoms with E-state index in [1.807, 2.05) is 0 Å². The summed E-state index contributed by atoms with van der Waals surface area (Å²) in [5.41, 5.74) is 4.12. The van der Waals surface area contributed by atoms with Crippen molar-refractivity contribution in [1.29, 1.82) is 0 Å². The Balaban J connectivity index is 1.70. The molecule has 23 heavy (non-hydrogen) atoms. The number of aromatic hydroxyl groups is 1. The van der Waals surface area contributed by atoms with E-state index >= 15 is 0 Å². The maximum Gasteiger partial charge on any atom is 0.271 e. The van der Waals surface area contributed by atoms with Crippen LogP contribution >= 0.6 is 0 Å². The molecule has 1 heterocycles. The third kappa shape index (κ3) is 3.26. The second-order valence-electron chi connectivity index (χ2n) is 5.07. The molecule has 0 saturated heterocycles. The number of ether oxygens (including phenoxy) is 2. The second kappa shape index (κ2) is 6.39. The number of rotatable bonds is 3. The van der Waals surface area contributed by atoms with E-state index in [4.69, 9.17) is 9.47 Å². The Morgan fingerprint density at radius 2 is 2.00 bits per heavy atom. The van der Waals surface area contributed by atoms with Crippen LogP contribution in [0.2, 0.25) is 0 Å². The lowest BCUT2D eigenvalue weighted by Gasteiger charge is -2.18.